The second-order valence-corrected chi connectivity index (χ2v) is 9.09. The van der Waals surface area contributed by atoms with Gasteiger partial charge in [0, 0.05) is 11.3 Å². The van der Waals surface area contributed by atoms with Crippen molar-refractivity contribution < 1.29 is 0 Å². The number of rotatable bonds is 2. The molecule has 1 saturated carbocycles. The lowest BCUT2D eigenvalue weighted by atomic mass is 9.80. The van der Waals surface area contributed by atoms with Crippen molar-refractivity contribution >= 4 is 16.9 Å². The van der Waals surface area contributed by atoms with E-state index in [1.807, 2.05) is 11.8 Å². The molecule has 0 spiro atoms. The van der Waals surface area contributed by atoms with Gasteiger partial charge < -0.3 is 5.32 Å². The summed E-state index contributed by atoms with van der Waals surface area (Å²) in [4.78, 5) is 4.72. The van der Waals surface area contributed by atoms with Crippen molar-refractivity contribution in [3.05, 3.63) is 0 Å². The van der Waals surface area contributed by atoms with Crippen LogP contribution in [0, 0.1) is 17.3 Å². The smallest absolute Gasteiger partial charge is 0.157 e. The van der Waals surface area contributed by atoms with Crippen LogP contribution in [0.1, 0.15) is 60.3 Å². The van der Waals surface area contributed by atoms with Crippen LogP contribution in [0.4, 0.5) is 0 Å². The summed E-state index contributed by atoms with van der Waals surface area (Å²) in [6.07, 6.45) is 5.29. The van der Waals surface area contributed by atoms with E-state index in [0.29, 0.717) is 16.7 Å². The maximum Gasteiger partial charge on any atom is 0.157 e. The zero-order valence-corrected chi connectivity index (χ0v) is 14.0. The molecular formula is C16H30N2S. The standard InChI is InChI=1S/C16H30N2S/c1-11-6-7-14(12(2)8-11)18-15-17-10-13(19-15)9-16(3,4)5/h11-14H,6-10H2,1-5H3,(H,17,18). The van der Waals surface area contributed by atoms with Gasteiger partial charge in [0.05, 0.1) is 6.54 Å². The van der Waals surface area contributed by atoms with Gasteiger partial charge in [-0.25, -0.2) is 0 Å². The molecule has 110 valence electrons. The van der Waals surface area contributed by atoms with Crippen LogP contribution in [0.15, 0.2) is 4.99 Å². The van der Waals surface area contributed by atoms with E-state index in [0.717, 1.165) is 18.4 Å². The molecular weight excluding hydrogens is 252 g/mol. The lowest BCUT2D eigenvalue weighted by Gasteiger charge is -2.33. The molecule has 19 heavy (non-hydrogen) atoms. The van der Waals surface area contributed by atoms with Crippen LogP contribution in [-0.2, 0) is 0 Å². The fourth-order valence-electron chi connectivity index (χ4n) is 3.32. The monoisotopic (exact) mass is 282 g/mol. The first kappa shape index (κ1) is 15.2. The molecule has 4 unspecified atom stereocenters. The number of hydrogen-bond donors (Lipinski definition) is 1. The van der Waals surface area contributed by atoms with E-state index in [2.05, 4.69) is 39.9 Å². The van der Waals surface area contributed by atoms with E-state index in [1.54, 1.807) is 0 Å². The Kier molecular flexibility index (Phi) is 4.86. The van der Waals surface area contributed by atoms with Crippen LogP contribution in [-0.4, -0.2) is 23.0 Å². The lowest BCUT2D eigenvalue weighted by Crippen LogP contribution is -2.41. The van der Waals surface area contributed by atoms with Gasteiger partial charge in [0.2, 0.25) is 0 Å². The summed E-state index contributed by atoms with van der Waals surface area (Å²) in [7, 11) is 0. The minimum Gasteiger partial charge on any atom is -0.362 e. The van der Waals surface area contributed by atoms with Gasteiger partial charge >= 0.3 is 0 Å². The van der Waals surface area contributed by atoms with E-state index < -0.39 is 0 Å². The molecule has 0 saturated heterocycles. The van der Waals surface area contributed by atoms with Gasteiger partial charge in [-0.1, -0.05) is 46.4 Å². The first-order chi connectivity index (χ1) is 8.83. The number of thioether (sulfide) groups is 1. The molecule has 1 fully saturated rings. The van der Waals surface area contributed by atoms with Gasteiger partial charge in [-0.3, -0.25) is 4.99 Å². The summed E-state index contributed by atoms with van der Waals surface area (Å²) in [5.41, 5.74) is 0.413. The van der Waals surface area contributed by atoms with Gasteiger partial charge in [-0.15, -0.1) is 0 Å². The fourth-order valence-corrected chi connectivity index (χ4v) is 4.74. The van der Waals surface area contributed by atoms with Crippen LogP contribution >= 0.6 is 11.8 Å². The Morgan fingerprint density at radius 2 is 2.00 bits per heavy atom. The largest absolute Gasteiger partial charge is 0.362 e. The van der Waals surface area contributed by atoms with Gasteiger partial charge in [-0.05, 0) is 42.9 Å². The Hall–Kier alpha value is -0.180. The fraction of sp³-hybridized carbons (Fsp3) is 0.938. The maximum absolute atomic E-state index is 4.72. The molecule has 0 aromatic heterocycles. The molecule has 1 heterocycles. The number of aliphatic imine (C=N–C) groups is 1. The van der Waals surface area contributed by atoms with Gasteiger partial charge in [0.15, 0.2) is 5.17 Å². The molecule has 3 heteroatoms. The SMILES string of the molecule is CC1CCC(NC2=NCC(CC(C)(C)C)S2)C(C)C1. The first-order valence-electron chi connectivity index (χ1n) is 7.81. The third-order valence-corrected chi connectivity index (χ3v) is 5.42. The Bertz CT molecular complexity index is 332. The second kappa shape index (κ2) is 6.07. The van der Waals surface area contributed by atoms with Crippen LogP contribution in [0.5, 0.6) is 0 Å². The van der Waals surface area contributed by atoms with Crippen LogP contribution in [0.25, 0.3) is 0 Å². The van der Waals surface area contributed by atoms with Crippen LogP contribution < -0.4 is 5.32 Å². The molecule has 2 rings (SSSR count). The normalized spacial score (nSPS) is 36.2. The Morgan fingerprint density at radius 3 is 2.63 bits per heavy atom. The summed E-state index contributed by atoms with van der Waals surface area (Å²) in [5.74, 6) is 1.69. The topological polar surface area (TPSA) is 24.4 Å². The first-order valence-corrected chi connectivity index (χ1v) is 8.69. The molecule has 0 radical (unpaired) electrons. The van der Waals surface area contributed by atoms with Crippen LogP contribution in [0.3, 0.4) is 0 Å². The summed E-state index contributed by atoms with van der Waals surface area (Å²) in [6, 6.07) is 0.649. The minimum atomic E-state index is 0.413. The van der Waals surface area contributed by atoms with Crippen molar-refractivity contribution in [2.24, 2.45) is 22.2 Å². The van der Waals surface area contributed by atoms with Crippen molar-refractivity contribution in [3.63, 3.8) is 0 Å². The van der Waals surface area contributed by atoms with Crippen molar-refractivity contribution in [1.29, 1.82) is 0 Å². The van der Waals surface area contributed by atoms with E-state index in [4.69, 9.17) is 4.99 Å². The molecule has 1 aliphatic carbocycles. The van der Waals surface area contributed by atoms with Gasteiger partial charge in [-0.2, -0.15) is 0 Å². The van der Waals surface area contributed by atoms with Crippen molar-refractivity contribution in [3.8, 4) is 0 Å². The molecule has 1 aliphatic heterocycles. The Labute approximate surface area is 123 Å². The number of nitrogens with zero attached hydrogens (tertiary/aromatic N) is 1. The molecule has 0 bridgehead atoms. The predicted octanol–water partition coefficient (Wildman–Crippen LogP) is 4.31. The van der Waals surface area contributed by atoms with Crippen molar-refractivity contribution in [1.82, 2.24) is 5.32 Å². The Morgan fingerprint density at radius 1 is 1.26 bits per heavy atom. The maximum atomic E-state index is 4.72. The lowest BCUT2D eigenvalue weighted by molar-refractivity contribution is 0.248. The third-order valence-electron chi connectivity index (χ3n) is 4.30. The third kappa shape index (κ3) is 4.70. The predicted molar refractivity (Wildman–Crippen MR) is 86.9 cm³/mol. The highest BCUT2D eigenvalue weighted by Crippen LogP contribution is 2.33. The molecule has 0 amide bonds. The van der Waals surface area contributed by atoms with E-state index in [9.17, 15) is 0 Å². The summed E-state index contributed by atoms with van der Waals surface area (Å²) in [6.45, 7) is 12.7. The molecule has 2 aliphatic rings. The molecule has 2 nitrogen and oxygen atoms in total. The average Bonchev–Trinajstić information content (AvgIpc) is 2.67. The average molecular weight is 282 g/mol. The molecule has 4 atom stereocenters. The van der Waals surface area contributed by atoms with E-state index >= 15 is 0 Å². The number of amidine groups is 1. The zero-order chi connectivity index (χ0) is 14.0. The highest BCUT2D eigenvalue weighted by atomic mass is 32.2. The summed E-state index contributed by atoms with van der Waals surface area (Å²) in [5, 5.41) is 5.61. The highest BCUT2D eigenvalue weighted by molar-refractivity contribution is 8.14. The van der Waals surface area contributed by atoms with Gasteiger partial charge in [0.1, 0.15) is 0 Å². The zero-order valence-electron chi connectivity index (χ0n) is 13.2. The minimum absolute atomic E-state index is 0.413. The quantitative estimate of drug-likeness (QED) is 0.816. The van der Waals surface area contributed by atoms with E-state index in [-0.39, 0.29) is 0 Å². The van der Waals surface area contributed by atoms with E-state index in [1.165, 1.54) is 30.9 Å². The van der Waals surface area contributed by atoms with Crippen molar-refractivity contribution in [2.45, 2.75) is 71.6 Å². The van der Waals surface area contributed by atoms with Crippen LogP contribution in [0.2, 0.25) is 0 Å². The molecule has 0 aromatic carbocycles. The Balaban J connectivity index is 1.79. The van der Waals surface area contributed by atoms with Gasteiger partial charge in [0.25, 0.3) is 0 Å². The van der Waals surface area contributed by atoms with Crippen molar-refractivity contribution in [2.75, 3.05) is 6.54 Å². The molecule has 1 N–H and O–H groups in total. The second-order valence-electron chi connectivity index (χ2n) is 7.80. The summed E-state index contributed by atoms with van der Waals surface area (Å²) < 4.78 is 0. The summed E-state index contributed by atoms with van der Waals surface area (Å²) >= 11 is 1.97. The molecule has 0 aromatic rings. The highest BCUT2D eigenvalue weighted by Gasteiger charge is 2.29. The number of nitrogens with one attached hydrogen (secondary N) is 1. The number of hydrogen-bond acceptors (Lipinski definition) is 3.